The molecule has 140 valence electrons. The summed E-state index contributed by atoms with van der Waals surface area (Å²) >= 11 is 0.780. The lowest BCUT2D eigenvalue weighted by Crippen LogP contribution is -2.26. The zero-order valence-electron chi connectivity index (χ0n) is 12.4. The minimum Gasteiger partial charge on any atom is -0.481 e. The zero-order chi connectivity index (χ0) is 19.5. The van der Waals surface area contributed by atoms with E-state index in [2.05, 4.69) is 20.3 Å². The van der Waals surface area contributed by atoms with E-state index in [-0.39, 0.29) is 5.17 Å². The Bertz CT molecular complexity index is 797. The number of carboxylic acid groups (broad SMARTS) is 1. The standard InChI is InChI=1S/C13H8F5N3O4S/c14-9-5(1-2-6(10(9)15)25-13(16,17)18)4-19-21-12-20-11(24)7(26-12)3-8(22)23/h1-2,4,7H,3H2,(H,22,23)(H,20,21,24). The van der Waals surface area contributed by atoms with Gasteiger partial charge in [-0.15, -0.1) is 18.3 Å². The number of nitrogens with one attached hydrogen (secondary N) is 1. The van der Waals surface area contributed by atoms with Crippen LogP contribution >= 0.6 is 11.8 Å². The molecule has 1 fully saturated rings. The molecule has 0 bridgehead atoms. The molecule has 1 aromatic carbocycles. The Balaban J connectivity index is 2.10. The highest BCUT2D eigenvalue weighted by atomic mass is 32.2. The van der Waals surface area contributed by atoms with Gasteiger partial charge in [0.15, 0.2) is 16.7 Å². The van der Waals surface area contributed by atoms with Crippen LogP contribution in [-0.2, 0) is 9.59 Å². The van der Waals surface area contributed by atoms with Crippen LogP contribution in [0.5, 0.6) is 5.75 Å². The van der Waals surface area contributed by atoms with Gasteiger partial charge in [0.25, 0.3) is 0 Å². The second-order valence-electron chi connectivity index (χ2n) is 4.67. The van der Waals surface area contributed by atoms with Crippen LogP contribution in [0.25, 0.3) is 0 Å². The summed E-state index contributed by atoms with van der Waals surface area (Å²) in [7, 11) is 0. The van der Waals surface area contributed by atoms with Gasteiger partial charge in [-0.1, -0.05) is 11.8 Å². The van der Waals surface area contributed by atoms with Gasteiger partial charge in [0, 0.05) is 5.56 Å². The first-order valence-electron chi connectivity index (χ1n) is 6.61. The summed E-state index contributed by atoms with van der Waals surface area (Å²) in [6, 6.07) is 1.35. The summed E-state index contributed by atoms with van der Waals surface area (Å²) in [5.74, 6) is -6.63. The molecule has 1 heterocycles. The van der Waals surface area contributed by atoms with Crippen LogP contribution in [0.2, 0.25) is 0 Å². The monoisotopic (exact) mass is 397 g/mol. The molecule has 1 unspecified atom stereocenters. The molecule has 26 heavy (non-hydrogen) atoms. The van der Waals surface area contributed by atoms with Crippen molar-refractivity contribution in [1.82, 2.24) is 5.32 Å². The minimum atomic E-state index is -5.18. The van der Waals surface area contributed by atoms with Gasteiger partial charge in [-0.3, -0.25) is 9.59 Å². The van der Waals surface area contributed by atoms with Gasteiger partial charge in [0.05, 0.1) is 12.6 Å². The van der Waals surface area contributed by atoms with E-state index in [1.807, 2.05) is 0 Å². The van der Waals surface area contributed by atoms with Crippen molar-refractivity contribution in [3.8, 4) is 5.75 Å². The number of nitrogens with zero attached hydrogens (tertiary/aromatic N) is 2. The van der Waals surface area contributed by atoms with Crippen molar-refractivity contribution in [3.05, 3.63) is 29.3 Å². The normalized spacial score (nSPS) is 19.2. The lowest BCUT2D eigenvalue weighted by Gasteiger charge is -2.10. The lowest BCUT2D eigenvalue weighted by molar-refractivity contribution is -0.275. The molecule has 1 aromatic rings. The highest BCUT2D eigenvalue weighted by Gasteiger charge is 2.33. The molecule has 1 aliphatic heterocycles. The van der Waals surface area contributed by atoms with E-state index < -0.39 is 52.9 Å². The third kappa shape index (κ3) is 5.15. The summed E-state index contributed by atoms with van der Waals surface area (Å²) in [6.07, 6.45) is -4.92. The number of hydrogen-bond donors (Lipinski definition) is 2. The minimum absolute atomic E-state index is 0.0598. The number of amidine groups is 1. The summed E-state index contributed by atoms with van der Waals surface area (Å²) in [4.78, 5) is 22.0. The average molecular weight is 397 g/mol. The molecule has 0 spiro atoms. The predicted octanol–water partition coefficient (Wildman–Crippen LogP) is 2.26. The number of benzene rings is 1. The van der Waals surface area contributed by atoms with Crippen LogP contribution in [0.4, 0.5) is 22.0 Å². The van der Waals surface area contributed by atoms with Gasteiger partial charge >= 0.3 is 12.3 Å². The topological polar surface area (TPSA) is 100 Å². The SMILES string of the molecule is O=C(O)CC1SC(=NN=Cc2ccc(OC(F)(F)F)c(F)c2F)NC1=O. The highest BCUT2D eigenvalue weighted by Crippen LogP contribution is 2.28. The molecule has 2 rings (SSSR count). The number of halogens is 5. The van der Waals surface area contributed by atoms with Gasteiger partial charge in [-0.05, 0) is 12.1 Å². The molecule has 1 saturated heterocycles. The van der Waals surface area contributed by atoms with Gasteiger partial charge in [-0.25, -0.2) is 4.39 Å². The van der Waals surface area contributed by atoms with Crippen molar-refractivity contribution in [3.63, 3.8) is 0 Å². The van der Waals surface area contributed by atoms with E-state index in [1.54, 1.807) is 0 Å². The molecule has 1 atom stereocenters. The second-order valence-corrected chi connectivity index (χ2v) is 5.86. The van der Waals surface area contributed by atoms with E-state index in [0.717, 1.165) is 17.8 Å². The Morgan fingerprint density at radius 3 is 2.65 bits per heavy atom. The first kappa shape index (κ1) is 19.6. The molecule has 0 radical (unpaired) electrons. The van der Waals surface area contributed by atoms with Crippen LogP contribution in [0.15, 0.2) is 22.3 Å². The Morgan fingerprint density at radius 1 is 1.35 bits per heavy atom. The van der Waals surface area contributed by atoms with Crippen molar-refractivity contribution in [2.45, 2.75) is 18.0 Å². The van der Waals surface area contributed by atoms with Crippen LogP contribution in [0.1, 0.15) is 12.0 Å². The first-order valence-corrected chi connectivity index (χ1v) is 7.49. The summed E-state index contributed by atoms with van der Waals surface area (Å²) in [5, 5.41) is 16.8. The number of aliphatic carboxylic acids is 1. The molecule has 0 aliphatic carbocycles. The molecule has 2 N–H and O–H groups in total. The Hall–Kier alpha value is -2.70. The van der Waals surface area contributed by atoms with E-state index in [9.17, 15) is 31.5 Å². The quantitative estimate of drug-likeness (QED) is 0.451. The lowest BCUT2D eigenvalue weighted by atomic mass is 10.2. The van der Waals surface area contributed by atoms with Crippen molar-refractivity contribution >= 4 is 35.0 Å². The van der Waals surface area contributed by atoms with E-state index in [1.165, 1.54) is 0 Å². The third-order valence-electron chi connectivity index (χ3n) is 2.78. The predicted molar refractivity (Wildman–Crippen MR) is 79.8 cm³/mol. The third-order valence-corrected chi connectivity index (χ3v) is 3.86. The van der Waals surface area contributed by atoms with Crippen molar-refractivity contribution < 1.29 is 41.4 Å². The molecule has 7 nitrogen and oxygen atoms in total. The number of rotatable bonds is 5. The van der Waals surface area contributed by atoms with Gasteiger partial charge in [0.1, 0.15) is 5.25 Å². The molecule has 13 heteroatoms. The Labute approximate surface area is 145 Å². The van der Waals surface area contributed by atoms with Crippen molar-refractivity contribution in [1.29, 1.82) is 0 Å². The number of hydrogen-bond acceptors (Lipinski definition) is 6. The summed E-state index contributed by atoms with van der Waals surface area (Å²) < 4.78 is 66.7. The van der Waals surface area contributed by atoms with E-state index >= 15 is 0 Å². The summed E-state index contributed by atoms with van der Waals surface area (Å²) in [6.45, 7) is 0. The van der Waals surface area contributed by atoms with Crippen LogP contribution in [0.3, 0.4) is 0 Å². The van der Waals surface area contributed by atoms with Crippen LogP contribution in [-0.4, -0.2) is 40.0 Å². The van der Waals surface area contributed by atoms with E-state index in [0.29, 0.717) is 12.3 Å². The Morgan fingerprint density at radius 2 is 2.04 bits per heavy atom. The number of thioether (sulfide) groups is 1. The molecule has 0 aromatic heterocycles. The van der Waals surface area contributed by atoms with Crippen molar-refractivity contribution in [2.75, 3.05) is 0 Å². The van der Waals surface area contributed by atoms with Gasteiger partial charge in [-0.2, -0.15) is 9.49 Å². The number of carbonyl (C=O) groups excluding carboxylic acids is 1. The first-order chi connectivity index (χ1) is 12.1. The number of alkyl halides is 3. The fourth-order valence-electron chi connectivity index (χ4n) is 1.74. The highest BCUT2D eigenvalue weighted by molar-refractivity contribution is 8.15. The van der Waals surface area contributed by atoms with Gasteiger partial charge < -0.3 is 15.2 Å². The molecular weight excluding hydrogens is 389 g/mol. The molecule has 0 saturated carbocycles. The summed E-state index contributed by atoms with van der Waals surface area (Å²) in [5.41, 5.74) is -0.516. The number of ether oxygens (including phenoxy) is 1. The van der Waals surface area contributed by atoms with Crippen molar-refractivity contribution in [2.24, 2.45) is 10.2 Å². The zero-order valence-corrected chi connectivity index (χ0v) is 13.2. The van der Waals surface area contributed by atoms with Crippen LogP contribution < -0.4 is 10.1 Å². The largest absolute Gasteiger partial charge is 0.573 e. The number of carbonyl (C=O) groups is 2. The van der Waals surface area contributed by atoms with Gasteiger partial charge in [0.2, 0.25) is 11.7 Å². The number of carboxylic acids is 1. The maximum Gasteiger partial charge on any atom is 0.573 e. The van der Waals surface area contributed by atoms with E-state index in [4.69, 9.17) is 5.11 Å². The van der Waals surface area contributed by atoms with Crippen LogP contribution in [0, 0.1) is 11.6 Å². The maximum absolute atomic E-state index is 13.7. The second kappa shape index (κ2) is 7.68. The fourth-order valence-corrected chi connectivity index (χ4v) is 2.65. The number of amides is 1. The average Bonchev–Trinajstić information content (AvgIpc) is 2.84. The molecule has 1 aliphatic rings. The molecular formula is C13H8F5N3O4S. The fraction of sp³-hybridized carbons (Fsp3) is 0.231. The Kier molecular flexibility index (Phi) is 5.79. The molecule has 1 amide bonds. The smallest absolute Gasteiger partial charge is 0.481 e. The maximum atomic E-state index is 13.7.